The number of carbonyl (C=O) groups is 1. The first kappa shape index (κ1) is 22.6. The molecule has 2 aromatic carbocycles. The number of allylic oxidation sites excluding steroid dienone is 2. The van der Waals surface area contributed by atoms with Gasteiger partial charge in [-0.25, -0.2) is 9.18 Å². The van der Waals surface area contributed by atoms with Crippen LogP contribution in [0.4, 0.5) is 4.39 Å². The van der Waals surface area contributed by atoms with Crippen LogP contribution in [-0.2, 0) is 11.2 Å². The van der Waals surface area contributed by atoms with E-state index in [-0.39, 0.29) is 23.2 Å². The summed E-state index contributed by atoms with van der Waals surface area (Å²) in [6.07, 6.45) is 10.2. The lowest BCUT2D eigenvalue weighted by Gasteiger charge is -2.20. The minimum atomic E-state index is -0.623. The maximum absolute atomic E-state index is 13.2. The summed E-state index contributed by atoms with van der Waals surface area (Å²) in [5.41, 5.74) is 3.03. The predicted octanol–water partition coefficient (Wildman–Crippen LogP) is 6.32. The predicted molar refractivity (Wildman–Crippen MR) is 121 cm³/mol. The summed E-state index contributed by atoms with van der Waals surface area (Å²) in [7, 11) is 1.29. The van der Waals surface area contributed by atoms with Gasteiger partial charge < -0.3 is 14.6 Å². The topological polar surface area (TPSA) is 55.8 Å². The third kappa shape index (κ3) is 5.75. The molecule has 4 nitrogen and oxygen atoms in total. The smallest absolute Gasteiger partial charge is 0.342 e. The molecular weight excluding hydrogens is 395 g/mol. The second kappa shape index (κ2) is 10.3. The molecule has 0 heterocycles. The Morgan fingerprint density at radius 2 is 1.84 bits per heavy atom. The maximum atomic E-state index is 13.2. The number of benzene rings is 2. The van der Waals surface area contributed by atoms with E-state index < -0.39 is 5.97 Å². The lowest BCUT2D eigenvalue weighted by Crippen LogP contribution is -2.14. The van der Waals surface area contributed by atoms with E-state index in [1.807, 2.05) is 19.9 Å². The zero-order valence-corrected chi connectivity index (χ0v) is 18.3. The van der Waals surface area contributed by atoms with Gasteiger partial charge in [0.2, 0.25) is 0 Å². The number of methoxy groups -OCH3 is 1. The van der Waals surface area contributed by atoms with Crippen LogP contribution in [0.1, 0.15) is 66.6 Å². The van der Waals surface area contributed by atoms with E-state index in [9.17, 15) is 14.3 Å². The number of halogens is 1. The highest BCUT2D eigenvalue weighted by atomic mass is 19.1. The molecule has 1 fully saturated rings. The second-order valence-corrected chi connectivity index (χ2v) is 8.05. The lowest BCUT2D eigenvalue weighted by molar-refractivity contribution is 0.0597. The number of phenolic OH excluding ortho intramolecular Hbond substituents is 1. The van der Waals surface area contributed by atoms with Gasteiger partial charge in [-0.3, -0.25) is 0 Å². The van der Waals surface area contributed by atoms with Crippen LogP contribution in [0.5, 0.6) is 11.5 Å². The molecule has 0 amide bonds. The summed E-state index contributed by atoms with van der Waals surface area (Å²) < 4.78 is 24.4. The Hall–Kier alpha value is -3.08. The highest BCUT2D eigenvalue weighted by Crippen LogP contribution is 2.38. The fourth-order valence-electron chi connectivity index (χ4n) is 3.71. The minimum Gasteiger partial charge on any atom is -0.507 e. The average Bonchev–Trinajstić information content (AvgIpc) is 3.25. The van der Waals surface area contributed by atoms with Crippen molar-refractivity contribution in [2.24, 2.45) is 0 Å². The highest BCUT2D eigenvalue weighted by Gasteiger charge is 2.25. The average molecular weight is 425 g/mol. The zero-order valence-electron chi connectivity index (χ0n) is 18.3. The number of rotatable bonds is 7. The summed E-state index contributed by atoms with van der Waals surface area (Å²) >= 11 is 0. The number of esters is 1. The van der Waals surface area contributed by atoms with E-state index in [4.69, 9.17) is 9.47 Å². The van der Waals surface area contributed by atoms with E-state index in [0.29, 0.717) is 23.3 Å². The number of hydrogen-bond acceptors (Lipinski definition) is 4. The molecule has 0 aliphatic heterocycles. The summed E-state index contributed by atoms with van der Waals surface area (Å²) in [5.74, 6) is -0.491. The first-order valence-corrected chi connectivity index (χ1v) is 10.6. The van der Waals surface area contributed by atoms with Crippen LogP contribution >= 0.6 is 0 Å². The molecular formula is C26H29FO4. The minimum absolute atomic E-state index is 0.0942. The van der Waals surface area contributed by atoms with Crippen LogP contribution in [0, 0.1) is 5.82 Å². The molecule has 5 heteroatoms. The van der Waals surface area contributed by atoms with E-state index in [1.54, 1.807) is 30.4 Å². The van der Waals surface area contributed by atoms with Crippen molar-refractivity contribution in [3.63, 3.8) is 0 Å². The molecule has 0 aromatic heterocycles. The molecule has 2 aromatic rings. The molecule has 1 N–H and O–H groups in total. The Morgan fingerprint density at radius 1 is 1.16 bits per heavy atom. The van der Waals surface area contributed by atoms with E-state index >= 15 is 0 Å². The number of aromatic hydroxyl groups is 1. The summed E-state index contributed by atoms with van der Waals surface area (Å²) in [5, 5.41) is 11.1. The Balaban J connectivity index is 2.09. The SMILES string of the molecule is COC(=O)c1c(C=Cc2ccc(F)cc2)cc(OC2CCCC2)c(CC=C(C)C)c1O. The molecule has 164 valence electrons. The quantitative estimate of drug-likeness (QED) is 0.321. The van der Waals surface area contributed by atoms with Gasteiger partial charge in [-0.15, -0.1) is 0 Å². The molecule has 0 bridgehead atoms. The molecule has 1 aliphatic carbocycles. The van der Waals surface area contributed by atoms with Crippen molar-refractivity contribution in [2.45, 2.75) is 52.1 Å². The van der Waals surface area contributed by atoms with Crippen molar-refractivity contribution in [3.05, 3.63) is 70.1 Å². The fourth-order valence-corrected chi connectivity index (χ4v) is 3.71. The Bertz CT molecular complexity index is 979. The zero-order chi connectivity index (χ0) is 22.4. The summed E-state index contributed by atoms with van der Waals surface area (Å²) in [4.78, 5) is 12.5. The maximum Gasteiger partial charge on any atom is 0.342 e. The number of phenols is 1. The van der Waals surface area contributed by atoms with Crippen LogP contribution in [0.3, 0.4) is 0 Å². The molecule has 0 unspecified atom stereocenters. The summed E-state index contributed by atoms with van der Waals surface area (Å²) in [6.45, 7) is 3.96. The van der Waals surface area contributed by atoms with E-state index in [1.165, 1.54) is 19.2 Å². The van der Waals surface area contributed by atoms with E-state index in [2.05, 4.69) is 0 Å². The molecule has 1 saturated carbocycles. The molecule has 0 saturated heterocycles. The Labute approximate surface area is 183 Å². The summed E-state index contributed by atoms with van der Waals surface area (Å²) in [6, 6.07) is 7.81. The van der Waals surface area contributed by atoms with Crippen molar-refractivity contribution in [1.29, 1.82) is 0 Å². The normalized spacial score (nSPS) is 14.1. The molecule has 1 aliphatic rings. The number of ether oxygens (including phenoxy) is 2. The second-order valence-electron chi connectivity index (χ2n) is 8.05. The van der Waals surface area contributed by atoms with E-state index in [0.717, 1.165) is 36.8 Å². The van der Waals surface area contributed by atoms with Crippen molar-refractivity contribution in [3.8, 4) is 11.5 Å². The molecule has 3 rings (SSSR count). The van der Waals surface area contributed by atoms with Gasteiger partial charge in [-0.1, -0.05) is 35.9 Å². The monoisotopic (exact) mass is 424 g/mol. The van der Waals surface area contributed by atoms with Crippen molar-refractivity contribution in [1.82, 2.24) is 0 Å². The number of hydrogen-bond donors (Lipinski definition) is 1. The van der Waals surface area contributed by atoms with Crippen molar-refractivity contribution >= 4 is 18.1 Å². The molecule has 0 radical (unpaired) electrons. The van der Waals surface area contributed by atoms with Gasteiger partial charge in [0.05, 0.1) is 13.2 Å². The number of carbonyl (C=O) groups excluding carboxylic acids is 1. The first-order valence-electron chi connectivity index (χ1n) is 10.6. The van der Waals surface area contributed by atoms with Gasteiger partial charge in [0, 0.05) is 5.56 Å². The molecule has 0 atom stereocenters. The third-order valence-electron chi connectivity index (χ3n) is 5.42. The Kier molecular flexibility index (Phi) is 7.50. The molecule has 0 spiro atoms. The van der Waals surface area contributed by atoms with Crippen LogP contribution in [0.2, 0.25) is 0 Å². The molecule has 31 heavy (non-hydrogen) atoms. The fraction of sp³-hybridized carbons (Fsp3) is 0.346. The van der Waals surface area contributed by atoms with Gasteiger partial charge in [-0.05, 0) is 75.3 Å². The first-order chi connectivity index (χ1) is 14.9. The van der Waals surface area contributed by atoms with Crippen LogP contribution in [0.15, 0.2) is 42.0 Å². The van der Waals surface area contributed by atoms with Gasteiger partial charge in [-0.2, -0.15) is 0 Å². The van der Waals surface area contributed by atoms with Gasteiger partial charge in [0.1, 0.15) is 22.9 Å². The largest absolute Gasteiger partial charge is 0.507 e. The van der Waals surface area contributed by atoms with Crippen molar-refractivity contribution < 1.29 is 23.8 Å². The highest BCUT2D eigenvalue weighted by molar-refractivity contribution is 5.98. The standard InChI is InChI=1S/C26H29FO4/c1-17(2)8-15-22-23(31-21-6-4-5-7-21)16-19(24(25(22)28)26(29)30-3)12-9-18-10-13-20(27)14-11-18/h8-14,16,21,28H,4-7,15H2,1-3H3. The van der Waals surface area contributed by atoms with Gasteiger partial charge in [0.15, 0.2) is 0 Å². The lowest BCUT2D eigenvalue weighted by atomic mass is 9.97. The van der Waals surface area contributed by atoms with Gasteiger partial charge in [0.25, 0.3) is 0 Å². The van der Waals surface area contributed by atoms with Crippen LogP contribution in [0.25, 0.3) is 12.2 Å². The van der Waals surface area contributed by atoms with Gasteiger partial charge >= 0.3 is 5.97 Å². The van der Waals surface area contributed by atoms with Crippen LogP contribution in [-0.4, -0.2) is 24.3 Å². The van der Waals surface area contributed by atoms with Crippen LogP contribution < -0.4 is 4.74 Å². The Morgan fingerprint density at radius 3 is 2.45 bits per heavy atom. The van der Waals surface area contributed by atoms with Crippen molar-refractivity contribution in [2.75, 3.05) is 7.11 Å². The third-order valence-corrected chi connectivity index (χ3v) is 5.42.